The van der Waals surface area contributed by atoms with E-state index in [4.69, 9.17) is 0 Å². The second kappa shape index (κ2) is 5.17. The number of piperidine rings is 1. The molecule has 0 spiro atoms. The molecule has 1 aliphatic heterocycles. The normalized spacial score (nSPS) is 39.6. The standard InChI is InChI=1S/C13H24N2O/c1-9-4-3-5-12(9)13(16)15-11-6-7-14-10(2)8-11/h9-12,14H,3-8H2,1-2H3,(H,15,16). The van der Waals surface area contributed by atoms with E-state index in [1.807, 2.05) is 0 Å². The van der Waals surface area contributed by atoms with Gasteiger partial charge in [0.2, 0.25) is 5.91 Å². The van der Waals surface area contributed by atoms with Crippen LogP contribution in [0, 0.1) is 11.8 Å². The fraction of sp³-hybridized carbons (Fsp3) is 0.923. The van der Waals surface area contributed by atoms with E-state index in [1.54, 1.807) is 0 Å². The van der Waals surface area contributed by atoms with Crippen molar-refractivity contribution in [1.29, 1.82) is 0 Å². The monoisotopic (exact) mass is 224 g/mol. The van der Waals surface area contributed by atoms with Gasteiger partial charge in [-0.3, -0.25) is 4.79 Å². The maximum absolute atomic E-state index is 12.1. The molecule has 4 atom stereocenters. The number of hydrogen-bond donors (Lipinski definition) is 2. The molecule has 2 aliphatic rings. The van der Waals surface area contributed by atoms with Crippen LogP contribution < -0.4 is 10.6 Å². The van der Waals surface area contributed by atoms with Crippen LogP contribution in [0.5, 0.6) is 0 Å². The maximum atomic E-state index is 12.1. The first-order valence-corrected chi connectivity index (χ1v) is 6.70. The summed E-state index contributed by atoms with van der Waals surface area (Å²) in [5, 5.41) is 6.65. The van der Waals surface area contributed by atoms with E-state index >= 15 is 0 Å². The third-order valence-corrected chi connectivity index (χ3v) is 4.17. The van der Waals surface area contributed by atoms with Crippen LogP contribution >= 0.6 is 0 Å². The van der Waals surface area contributed by atoms with Gasteiger partial charge in [0, 0.05) is 18.0 Å². The van der Waals surface area contributed by atoms with Crippen molar-refractivity contribution in [1.82, 2.24) is 10.6 Å². The molecule has 3 heteroatoms. The zero-order chi connectivity index (χ0) is 11.5. The van der Waals surface area contributed by atoms with Crippen LogP contribution in [0.1, 0.15) is 46.0 Å². The Hall–Kier alpha value is -0.570. The van der Waals surface area contributed by atoms with Crippen molar-refractivity contribution in [2.24, 2.45) is 11.8 Å². The molecule has 16 heavy (non-hydrogen) atoms. The lowest BCUT2D eigenvalue weighted by atomic mass is 9.95. The number of carbonyl (C=O) groups is 1. The van der Waals surface area contributed by atoms with Crippen molar-refractivity contribution in [3.05, 3.63) is 0 Å². The molecule has 1 saturated heterocycles. The molecule has 3 nitrogen and oxygen atoms in total. The summed E-state index contributed by atoms with van der Waals surface area (Å²) in [6.07, 6.45) is 5.69. The predicted molar refractivity (Wildman–Crippen MR) is 65.1 cm³/mol. The number of carbonyl (C=O) groups excluding carboxylic acids is 1. The number of amides is 1. The minimum absolute atomic E-state index is 0.283. The van der Waals surface area contributed by atoms with Gasteiger partial charge in [-0.05, 0) is 45.1 Å². The van der Waals surface area contributed by atoms with Gasteiger partial charge >= 0.3 is 0 Å². The Morgan fingerprint density at radius 2 is 2.06 bits per heavy atom. The minimum atomic E-state index is 0.283. The molecular formula is C13H24N2O. The summed E-state index contributed by atoms with van der Waals surface area (Å²) in [5.41, 5.74) is 0. The molecule has 0 radical (unpaired) electrons. The summed E-state index contributed by atoms with van der Waals surface area (Å²) >= 11 is 0. The van der Waals surface area contributed by atoms with Crippen molar-refractivity contribution in [2.75, 3.05) is 6.54 Å². The van der Waals surface area contributed by atoms with Crippen LogP contribution in [0.4, 0.5) is 0 Å². The average molecular weight is 224 g/mol. The maximum Gasteiger partial charge on any atom is 0.223 e. The summed E-state index contributed by atoms with van der Waals surface area (Å²) in [5.74, 6) is 1.17. The van der Waals surface area contributed by atoms with E-state index in [0.717, 1.165) is 25.8 Å². The van der Waals surface area contributed by atoms with Gasteiger partial charge in [0.1, 0.15) is 0 Å². The van der Waals surface area contributed by atoms with Gasteiger partial charge in [-0.1, -0.05) is 13.3 Å². The van der Waals surface area contributed by atoms with Gasteiger partial charge in [-0.25, -0.2) is 0 Å². The van der Waals surface area contributed by atoms with Crippen LogP contribution in [0.3, 0.4) is 0 Å². The molecule has 1 saturated carbocycles. The quantitative estimate of drug-likeness (QED) is 0.749. The highest BCUT2D eigenvalue weighted by atomic mass is 16.2. The fourth-order valence-electron chi connectivity index (χ4n) is 3.11. The molecular weight excluding hydrogens is 200 g/mol. The SMILES string of the molecule is CC1CC(NC(=O)C2CCCC2C)CCN1. The molecule has 0 aromatic carbocycles. The molecule has 2 N–H and O–H groups in total. The van der Waals surface area contributed by atoms with Crippen molar-refractivity contribution in [3.63, 3.8) is 0 Å². The molecule has 0 bridgehead atoms. The van der Waals surface area contributed by atoms with Gasteiger partial charge < -0.3 is 10.6 Å². The number of hydrogen-bond acceptors (Lipinski definition) is 2. The van der Waals surface area contributed by atoms with Crippen LogP contribution in [0.25, 0.3) is 0 Å². The summed E-state index contributed by atoms with van der Waals surface area (Å²) in [6.45, 7) is 5.44. The summed E-state index contributed by atoms with van der Waals surface area (Å²) in [7, 11) is 0. The highest BCUT2D eigenvalue weighted by molar-refractivity contribution is 5.79. The Bertz CT molecular complexity index is 254. The molecule has 1 amide bonds. The largest absolute Gasteiger partial charge is 0.353 e. The molecule has 1 heterocycles. The van der Waals surface area contributed by atoms with E-state index in [-0.39, 0.29) is 5.92 Å². The Kier molecular flexibility index (Phi) is 3.85. The van der Waals surface area contributed by atoms with Gasteiger partial charge in [0.25, 0.3) is 0 Å². The van der Waals surface area contributed by atoms with Crippen molar-refractivity contribution in [2.45, 2.75) is 58.0 Å². The zero-order valence-electron chi connectivity index (χ0n) is 10.5. The first-order valence-electron chi connectivity index (χ1n) is 6.70. The topological polar surface area (TPSA) is 41.1 Å². The molecule has 92 valence electrons. The van der Waals surface area contributed by atoms with Crippen LogP contribution in [-0.2, 0) is 4.79 Å². The first-order chi connectivity index (χ1) is 7.66. The minimum Gasteiger partial charge on any atom is -0.353 e. The third-order valence-electron chi connectivity index (χ3n) is 4.17. The van der Waals surface area contributed by atoms with Crippen LogP contribution in [-0.4, -0.2) is 24.5 Å². The molecule has 2 rings (SSSR count). The fourth-order valence-corrected chi connectivity index (χ4v) is 3.11. The summed E-state index contributed by atoms with van der Waals surface area (Å²) < 4.78 is 0. The summed E-state index contributed by atoms with van der Waals surface area (Å²) in [4.78, 5) is 12.1. The number of nitrogens with one attached hydrogen (secondary N) is 2. The van der Waals surface area contributed by atoms with Gasteiger partial charge in [0.05, 0.1) is 0 Å². The first kappa shape index (κ1) is 11.9. The van der Waals surface area contributed by atoms with Crippen molar-refractivity contribution in [3.8, 4) is 0 Å². The Labute approximate surface area is 98.4 Å². The van der Waals surface area contributed by atoms with Crippen molar-refractivity contribution < 1.29 is 4.79 Å². The Balaban J connectivity index is 1.82. The van der Waals surface area contributed by atoms with Crippen molar-refractivity contribution >= 4 is 5.91 Å². The molecule has 4 unspecified atom stereocenters. The smallest absolute Gasteiger partial charge is 0.223 e. The average Bonchev–Trinajstić information content (AvgIpc) is 2.64. The second-order valence-corrected chi connectivity index (χ2v) is 5.60. The van der Waals surface area contributed by atoms with E-state index in [2.05, 4.69) is 24.5 Å². The lowest BCUT2D eigenvalue weighted by Gasteiger charge is -2.30. The van der Waals surface area contributed by atoms with Crippen LogP contribution in [0.15, 0.2) is 0 Å². The van der Waals surface area contributed by atoms with E-state index in [0.29, 0.717) is 23.9 Å². The molecule has 0 aromatic rings. The lowest BCUT2D eigenvalue weighted by Crippen LogP contribution is -2.48. The molecule has 0 aromatic heterocycles. The molecule has 1 aliphatic carbocycles. The van der Waals surface area contributed by atoms with Gasteiger partial charge in [-0.15, -0.1) is 0 Å². The Morgan fingerprint density at radius 1 is 1.25 bits per heavy atom. The van der Waals surface area contributed by atoms with Gasteiger partial charge in [0.15, 0.2) is 0 Å². The second-order valence-electron chi connectivity index (χ2n) is 5.60. The number of rotatable bonds is 2. The Morgan fingerprint density at radius 3 is 2.69 bits per heavy atom. The highest BCUT2D eigenvalue weighted by Crippen LogP contribution is 2.31. The lowest BCUT2D eigenvalue weighted by molar-refractivity contribution is -0.126. The summed E-state index contributed by atoms with van der Waals surface area (Å²) in [6, 6.07) is 0.941. The third kappa shape index (κ3) is 2.76. The molecule has 2 fully saturated rings. The van der Waals surface area contributed by atoms with E-state index in [1.165, 1.54) is 12.8 Å². The highest BCUT2D eigenvalue weighted by Gasteiger charge is 2.31. The van der Waals surface area contributed by atoms with E-state index < -0.39 is 0 Å². The van der Waals surface area contributed by atoms with E-state index in [9.17, 15) is 4.79 Å². The van der Waals surface area contributed by atoms with Gasteiger partial charge in [-0.2, -0.15) is 0 Å². The van der Waals surface area contributed by atoms with Crippen LogP contribution in [0.2, 0.25) is 0 Å². The zero-order valence-corrected chi connectivity index (χ0v) is 10.5. The predicted octanol–water partition coefficient (Wildman–Crippen LogP) is 1.68.